The standard InChI is InChI=1S/C19H31NO2/c1-14(2)18-9-8-15(3)11-19(18)22-13-17(21)12-20-10-6-5-7-16(20)4/h8-9,11,14,16-17,21H,5-7,10,12-13H2,1-4H3/t16-,17+/m0/s1. The van der Waals surface area contributed by atoms with E-state index < -0.39 is 6.10 Å². The van der Waals surface area contributed by atoms with Crippen molar-refractivity contribution in [3.05, 3.63) is 29.3 Å². The molecule has 124 valence electrons. The lowest BCUT2D eigenvalue weighted by molar-refractivity contribution is 0.0435. The molecule has 0 amide bonds. The van der Waals surface area contributed by atoms with Gasteiger partial charge in [0.2, 0.25) is 0 Å². The lowest BCUT2D eigenvalue weighted by Gasteiger charge is -2.34. The minimum atomic E-state index is -0.430. The molecule has 2 rings (SSSR count). The summed E-state index contributed by atoms with van der Waals surface area (Å²) in [6.45, 7) is 10.8. The molecular formula is C19H31NO2. The molecule has 2 atom stereocenters. The topological polar surface area (TPSA) is 32.7 Å². The highest BCUT2D eigenvalue weighted by Gasteiger charge is 2.21. The highest BCUT2D eigenvalue weighted by Crippen LogP contribution is 2.27. The monoisotopic (exact) mass is 305 g/mol. The van der Waals surface area contributed by atoms with Gasteiger partial charge in [-0.1, -0.05) is 32.4 Å². The van der Waals surface area contributed by atoms with Crippen LogP contribution < -0.4 is 4.74 Å². The number of aliphatic hydroxyl groups excluding tert-OH is 1. The summed E-state index contributed by atoms with van der Waals surface area (Å²) in [6, 6.07) is 6.90. The summed E-state index contributed by atoms with van der Waals surface area (Å²) in [5, 5.41) is 10.3. The van der Waals surface area contributed by atoms with Gasteiger partial charge in [0.25, 0.3) is 0 Å². The second-order valence-corrected chi connectivity index (χ2v) is 7.00. The number of hydrogen-bond donors (Lipinski definition) is 1. The molecule has 0 radical (unpaired) electrons. The van der Waals surface area contributed by atoms with Gasteiger partial charge in [-0.25, -0.2) is 0 Å². The Hall–Kier alpha value is -1.06. The zero-order valence-electron chi connectivity index (χ0n) is 14.5. The largest absolute Gasteiger partial charge is 0.491 e. The van der Waals surface area contributed by atoms with Crippen LogP contribution in [0.2, 0.25) is 0 Å². The summed E-state index contributed by atoms with van der Waals surface area (Å²) in [5.74, 6) is 1.34. The van der Waals surface area contributed by atoms with Crippen molar-refractivity contribution in [1.82, 2.24) is 4.90 Å². The van der Waals surface area contributed by atoms with Gasteiger partial charge < -0.3 is 9.84 Å². The molecule has 1 aliphatic heterocycles. The maximum Gasteiger partial charge on any atom is 0.123 e. The molecule has 0 aliphatic carbocycles. The van der Waals surface area contributed by atoms with Crippen LogP contribution in [0.5, 0.6) is 5.75 Å². The van der Waals surface area contributed by atoms with Gasteiger partial charge in [0, 0.05) is 12.6 Å². The molecule has 22 heavy (non-hydrogen) atoms. The summed E-state index contributed by atoms with van der Waals surface area (Å²) in [4.78, 5) is 2.39. The molecule has 3 heteroatoms. The van der Waals surface area contributed by atoms with Crippen molar-refractivity contribution in [2.45, 2.75) is 65.0 Å². The van der Waals surface area contributed by atoms with Gasteiger partial charge in [0.15, 0.2) is 0 Å². The van der Waals surface area contributed by atoms with Crippen LogP contribution in [0, 0.1) is 6.92 Å². The third kappa shape index (κ3) is 4.72. The molecule has 0 bridgehead atoms. The Kier molecular flexibility index (Phi) is 6.27. The van der Waals surface area contributed by atoms with Crippen molar-refractivity contribution in [1.29, 1.82) is 0 Å². The Morgan fingerprint density at radius 3 is 2.77 bits per heavy atom. The molecule has 0 unspecified atom stereocenters. The van der Waals surface area contributed by atoms with Crippen LogP contribution in [-0.2, 0) is 0 Å². The van der Waals surface area contributed by atoms with Gasteiger partial charge in [0.1, 0.15) is 18.5 Å². The fourth-order valence-corrected chi connectivity index (χ4v) is 3.18. The van der Waals surface area contributed by atoms with Crippen molar-refractivity contribution >= 4 is 0 Å². The van der Waals surface area contributed by atoms with Crippen molar-refractivity contribution in [2.75, 3.05) is 19.7 Å². The van der Waals surface area contributed by atoms with Gasteiger partial charge >= 0.3 is 0 Å². The van der Waals surface area contributed by atoms with E-state index in [1.165, 1.54) is 30.4 Å². The van der Waals surface area contributed by atoms with E-state index >= 15 is 0 Å². The number of ether oxygens (including phenoxy) is 1. The Morgan fingerprint density at radius 2 is 2.09 bits per heavy atom. The highest BCUT2D eigenvalue weighted by atomic mass is 16.5. The Labute approximate surface area is 135 Å². The van der Waals surface area contributed by atoms with Crippen molar-refractivity contribution in [3.63, 3.8) is 0 Å². The lowest BCUT2D eigenvalue weighted by atomic mass is 10.0. The van der Waals surface area contributed by atoms with E-state index in [1.807, 2.05) is 0 Å². The van der Waals surface area contributed by atoms with E-state index in [4.69, 9.17) is 4.74 Å². The third-order valence-corrected chi connectivity index (χ3v) is 4.61. The summed E-state index contributed by atoms with van der Waals surface area (Å²) in [7, 11) is 0. The van der Waals surface area contributed by atoms with E-state index in [0.29, 0.717) is 25.1 Å². The Morgan fingerprint density at radius 1 is 1.32 bits per heavy atom. The van der Waals surface area contributed by atoms with Crippen LogP contribution in [-0.4, -0.2) is 41.8 Å². The zero-order valence-corrected chi connectivity index (χ0v) is 14.5. The smallest absolute Gasteiger partial charge is 0.123 e. The number of benzene rings is 1. The minimum Gasteiger partial charge on any atom is -0.491 e. The predicted octanol–water partition coefficient (Wildman–Crippen LogP) is 3.73. The van der Waals surface area contributed by atoms with Crippen molar-refractivity contribution in [3.8, 4) is 5.75 Å². The first-order valence-corrected chi connectivity index (χ1v) is 8.63. The molecule has 1 heterocycles. The van der Waals surface area contributed by atoms with Crippen LogP contribution in [0.1, 0.15) is 57.1 Å². The SMILES string of the molecule is Cc1ccc(C(C)C)c(OC[C@H](O)CN2CCCC[C@@H]2C)c1. The molecule has 1 saturated heterocycles. The number of aryl methyl sites for hydroxylation is 1. The molecule has 0 aromatic heterocycles. The van der Waals surface area contributed by atoms with Crippen LogP contribution in [0.4, 0.5) is 0 Å². The summed E-state index contributed by atoms with van der Waals surface area (Å²) >= 11 is 0. The molecule has 3 nitrogen and oxygen atoms in total. The second-order valence-electron chi connectivity index (χ2n) is 7.00. The van der Waals surface area contributed by atoms with E-state index in [0.717, 1.165) is 12.3 Å². The number of likely N-dealkylation sites (tertiary alicyclic amines) is 1. The van der Waals surface area contributed by atoms with E-state index in [-0.39, 0.29) is 0 Å². The molecule has 1 aromatic rings. The van der Waals surface area contributed by atoms with E-state index in [1.54, 1.807) is 0 Å². The highest BCUT2D eigenvalue weighted by molar-refractivity contribution is 5.39. The molecule has 0 spiro atoms. The average molecular weight is 305 g/mol. The molecular weight excluding hydrogens is 274 g/mol. The number of β-amino-alcohol motifs (C(OH)–C–C–N with tert-alkyl or cyclic N) is 1. The van der Waals surface area contributed by atoms with E-state index in [2.05, 4.69) is 50.8 Å². The molecule has 1 fully saturated rings. The molecule has 1 aliphatic rings. The zero-order chi connectivity index (χ0) is 16.1. The van der Waals surface area contributed by atoms with E-state index in [9.17, 15) is 5.11 Å². The Bertz CT molecular complexity index is 473. The fourth-order valence-electron chi connectivity index (χ4n) is 3.18. The van der Waals surface area contributed by atoms with Gasteiger partial charge in [-0.2, -0.15) is 0 Å². The van der Waals surface area contributed by atoms with Gasteiger partial charge in [-0.15, -0.1) is 0 Å². The second kappa shape index (κ2) is 7.98. The fraction of sp³-hybridized carbons (Fsp3) is 0.684. The number of rotatable bonds is 6. The summed E-state index contributed by atoms with van der Waals surface area (Å²) in [5.41, 5.74) is 2.41. The first-order chi connectivity index (χ1) is 10.5. The third-order valence-electron chi connectivity index (χ3n) is 4.61. The van der Waals surface area contributed by atoms with Gasteiger partial charge in [0.05, 0.1) is 0 Å². The van der Waals surface area contributed by atoms with Crippen LogP contribution >= 0.6 is 0 Å². The minimum absolute atomic E-state index is 0.367. The maximum absolute atomic E-state index is 10.3. The average Bonchev–Trinajstić information content (AvgIpc) is 2.47. The number of piperidine rings is 1. The number of hydrogen-bond acceptors (Lipinski definition) is 3. The first-order valence-electron chi connectivity index (χ1n) is 8.63. The molecule has 0 saturated carbocycles. The first kappa shape index (κ1) is 17.3. The predicted molar refractivity (Wildman–Crippen MR) is 91.7 cm³/mol. The van der Waals surface area contributed by atoms with Gasteiger partial charge in [-0.3, -0.25) is 4.90 Å². The van der Waals surface area contributed by atoms with Crippen molar-refractivity contribution < 1.29 is 9.84 Å². The van der Waals surface area contributed by atoms with Gasteiger partial charge in [-0.05, 0) is 56.3 Å². The van der Waals surface area contributed by atoms with Crippen LogP contribution in [0.15, 0.2) is 18.2 Å². The Balaban J connectivity index is 1.90. The summed E-state index contributed by atoms with van der Waals surface area (Å²) in [6.07, 6.45) is 3.36. The van der Waals surface area contributed by atoms with Crippen LogP contribution in [0.3, 0.4) is 0 Å². The van der Waals surface area contributed by atoms with Crippen molar-refractivity contribution in [2.24, 2.45) is 0 Å². The quantitative estimate of drug-likeness (QED) is 0.869. The molecule has 1 aromatic carbocycles. The maximum atomic E-state index is 10.3. The summed E-state index contributed by atoms with van der Waals surface area (Å²) < 4.78 is 5.94. The lowest BCUT2D eigenvalue weighted by Crippen LogP contribution is -2.43. The molecule has 1 N–H and O–H groups in total. The number of aliphatic hydroxyl groups is 1. The van der Waals surface area contributed by atoms with Crippen LogP contribution in [0.25, 0.3) is 0 Å². The normalized spacial score (nSPS) is 21.1. The number of nitrogens with zero attached hydrogens (tertiary/aromatic N) is 1.